The molecule has 3 aromatic rings. The van der Waals surface area contributed by atoms with Gasteiger partial charge in [0.15, 0.2) is 11.5 Å². The molecule has 2 atom stereocenters. The second kappa shape index (κ2) is 9.42. The highest BCUT2D eigenvalue weighted by molar-refractivity contribution is 6.32. The van der Waals surface area contributed by atoms with Gasteiger partial charge in [-0.2, -0.15) is 0 Å². The van der Waals surface area contributed by atoms with Crippen LogP contribution in [0.15, 0.2) is 60.7 Å². The van der Waals surface area contributed by atoms with E-state index in [1.807, 2.05) is 54.6 Å². The maximum absolute atomic E-state index is 14.1. The van der Waals surface area contributed by atoms with Crippen molar-refractivity contribution in [2.45, 2.75) is 38.1 Å². The van der Waals surface area contributed by atoms with Gasteiger partial charge in [0.25, 0.3) is 5.91 Å². The van der Waals surface area contributed by atoms with Crippen LogP contribution in [0, 0.1) is 0 Å². The molecule has 2 aliphatic rings. The molecule has 2 amide bonds. The molecule has 3 aromatic carbocycles. The first-order chi connectivity index (χ1) is 17.6. The highest BCUT2D eigenvalue weighted by atomic mass is 35.5. The lowest BCUT2D eigenvalue weighted by Crippen LogP contribution is -2.47. The summed E-state index contributed by atoms with van der Waals surface area (Å²) in [5.41, 5.74) is 3.45. The molecule has 192 valence electrons. The number of hydrogen-bond donors (Lipinski definition) is 0. The van der Waals surface area contributed by atoms with Crippen LogP contribution < -0.4 is 14.4 Å². The maximum atomic E-state index is 14.1. The monoisotopic (exact) mass is 518 g/mol. The van der Waals surface area contributed by atoms with Crippen molar-refractivity contribution in [3.63, 3.8) is 0 Å². The zero-order valence-electron chi connectivity index (χ0n) is 21.7. The fraction of sp³-hybridized carbons (Fsp3) is 0.333. The van der Waals surface area contributed by atoms with E-state index in [1.165, 1.54) is 0 Å². The SMILES string of the molecule is CN(C)C(=O)[C@@H]1c2ccccc2C(=O)N(c2ccc(C(C)(C)C)c(Cl)c2)[C@H]1c1ccc2c(c1)OCCO2. The lowest BCUT2D eigenvalue weighted by atomic mass is 9.78. The molecular formula is C30H31ClN2O4. The Morgan fingerprint density at radius 1 is 0.973 bits per heavy atom. The Balaban J connectivity index is 1.75. The van der Waals surface area contributed by atoms with Gasteiger partial charge in [-0.05, 0) is 52.4 Å². The summed E-state index contributed by atoms with van der Waals surface area (Å²) in [6.07, 6.45) is 0. The molecule has 0 unspecified atom stereocenters. The van der Waals surface area contributed by atoms with Crippen LogP contribution in [0.25, 0.3) is 0 Å². The van der Waals surface area contributed by atoms with Gasteiger partial charge in [0.2, 0.25) is 5.91 Å². The summed E-state index contributed by atoms with van der Waals surface area (Å²) in [5, 5.41) is 0.577. The molecule has 37 heavy (non-hydrogen) atoms. The van der Waals surface area contributed by atoms with Crippen molar-refractivity contribution < 1.29 is 19.1 Å². The van der Waals surface area contributed by atoms with Crippen LogP contribution >= 0.6 is 11.6 Å². The third-order valence-electron chi connectivity index (χ3n) is 6.99. The summed E-state index contributed by atoms with van der Waals surface area (Å²) in [7, 11) is 3.48. The first-order valence-corrected chi connectivity index (χ1v) is 12.8. The second-order valence-electron chi connectivity index (χ2n) is 10.7. The number of ether oxygens (including phenoxy) is 2. The zero-order valence-corrected chi connectivity index (χ0v) is 22.5. The molecule has 0 aromatic heterocycles. The van der Waals surface area contributed by atoms with Crippen molar-refractivity contribution >= 4 is 29.1 Å². The lowest BCUT2D eigenvalue weighted by molar-refractivity contribution is -0.130. The van der Waals surface area contributed by atoms with E-state index < -0.39 is 12.0 Å². The minimum Gasteiger partial charge on any atom is -0.486 e. The molecule has 6 nitrogen and oxygen atoms in total. The number of rotatable bonds is 3. The number of amides is 2. The number of fused-ring (bicyclic) bond motifs is 2. The number of carbonyl (C=O) groups excluding carboxylic acids is 2. The Kier molecular flexibility index (Phi) is 6.40. The first kappa shape index (κ1) is 25.2. The molecule has 7 heteroatoms. The lowest BCUT2D eigenvalue weighted by Gasteiger charge is -2.43. The minimum absolute atomic E-state index is 0.0951. The van der Waals surface area contributed by atoms with E-state index in [1.54, 1.807) is 30.0 Å². The third kappa shape index (κ3) is 4.44. The van der Waals surface area contributed by atoms with Crippen molar-refractivity contribution in [2.24, 2.45) is 0 Å². The molecule has 0 fully saturated rings. The molecule has 2 aliphatic heterocycles. The van der Waals surface area contributed by atoms with Crippen LogP contribution in [0.4, 0.5) is 5.69 Å². The predicted octanol–water partition coefficient (Wildman–Crippen LogP) is 5.98. The van der Waals surface area contributed by atoms with Crippen molar-refractivity contribution in [1.82, 2.24) is 4.90 Å². The highest BCUT2D eigenvalue weighted by Crippen LogP contribution is 2.48. The Labute approximate surface area is 222 Å². The summed E-state index contributed by atoms with van der Waals surface area (Å²) in [5.74, 6) is 0.344. The number of anilines is 1. The average molecular weight is 519 g/mol. The standard InChI is InChI=1S/C30H31ClN2O4/c1-30(2,3)22-12-11-19(17-23(22)31)33-27(18-10-13-24-25(16-18)37-15-14-36-24)26(29(35)32(4)5)20-8-6-7-9-21(20)28(33)34/h6-13,16-17,26-27H,14-15H2,1-5H3/t26-,27+/m1/s1. The van der Waals surface area contributed by atoms with E-state index in [9.17, 15) is 9.59 Å². The molecule has 0 saturated heterocycles. The fourth-order valence-electron chi connectivity index (χ4n) is 5.21. The van der Waals surface area contributed by atoms with Crippen LogP contribution in [0.5, 0.6) is 11.5 Å². The van der Waals surface area contributed by atoms with Gasteiger partial charge in [-0.3, -0.25) is 14.5 Å². The van der Waals surface area contributed by atoms with Gasteiger partial charge >= 0.3 is 0 Å². The molecule has 0 radical (unpaired) electrons. The second-order valence-corrected chi connectivity index (χ2v) is 11.1. The molecule has 2 heterocycles. The van der Waals surface area contributed by atoms with E-state index in [2.05, 4.69) is 20.8 Å². The molecule has 5 rings (SSSR count). The summed E-state index contributed by atoms with van der Waals surface area (Å²) in [6.45, 7) is 7.21. The molecule has 0 bridgehead atoms. The summed E-state index contributed by atoms with van der Waals surface area (Å²) in [6, 6.07) is 18.1. The van der Waals surface area contributed by atoms with E-state index in [0.29, 0.717) is 46.5 Å². The van der Waals surface area contributed by atoms with Crippen LogP contribution in [0.2, 0.25) is 5.02 Å². The fourth-order valence-corrected chi connectivity index (χ4v) is 5.67. The van der Waals surface area contributed by atoms with Gasteiger partial charge in [-0.25, -0.2) is 0 Å². The first-order valence-electron chi connectivity index (χ1n) is 12.4. The van der Waals surface area contributed by atoms with E-state index in [4.69, 9.17) is 21.1 Å². The molecule has 0 saturated carbocycles. The number of halogens is 1. The predicted molar refractivity (Wildman–Crippen MR) is 145 cm³/mol. The molecule has 0 aliphatic carbocycles. The van der Waals surface area contributed by atoms with Gasteiger partial charge in [-0.15, -0.1) is 0 Å². The van der Waals surface area contributed by atoms with Crippen molar-refractivity contribution in [2.75, 3.05) is 32.2 Å². The van der Waals surface area contributed by atoms with Gasteiger partial charge in [0.05, 0.1) is 12.0 Å². The van der Waals surface area contributed by atoms with Gasteiger partial charge in [0, 0.05) is 30.4 Å². The number of benzene rings is 3. The third-order valence-corrected chi connectivity index (χ3v) is 7.31. The quantitative estimate of drug-likeness (QED) is 0.428. The van der Waals surface area contributed by atoms with Gasteiger partial charge < -0.3 is 14.4 Å². The summed E-state index contributed by atoms with van der Waals surface area (Å²) in [4.78, 5) is 31.2. The van der Waals surface area contributed by atoms with Crippen LogP contribution in [-0.4, -0.2) is 44.0 Å². The number of likely N-dealkylation sites (N-methyl/N-ethyl adjacent to an activating group) is 1. The summed E-state index contributed by atoms with van der Waals surface area (Å²) < 4.78 is 11.6. The summed E-state index contributed by atoms with van der Waals surface area (Å²) >= 11 is 6.77. The van der Waals surface area contributed by atoms with E-state index >= 15 is 0 Å². The smallest absolute Gasteiger partial charge is 0.259 e. The molecule has 0 spiro atoms. The average Bonchev–Trinajstić information content (AvgIpc) is 2.87. The largest absolute Gasteiger partial charge is 0.486 e. The Hall–Kier alpha value is -3.51. The van der Waals surface area contributed by atoms with Gasteiger partial charge in [-0.1, -0.05) is 62.7 Å². The van der Waals surface area contributed by atoms with E-state index in [-0.39, 0.29) is 17.2 Å². The normalized spacial score (nSPS) is 18.9. The van der Waals surface area contributed by atoms with Crippen LogP contribution in [0.3, 0.4) is 0 Å². The zero-order chi connectivity index (χ0) is 26.5. The highest BCUT2D eigenvalue weighted by Gasteiger charge is 2.45. The van der Waals surface area contributed by atoms with Crippen LogP contribution in [-0.2, 0) is 10.2 Å². The number of nitrogens with zero attached hydrogens (tertiary/aromatic N) is 2. The minimum atomic E-state index is -0.632. The van der Waals surface area contributed by atoms with Gasteiger partial charge in [0.1, 0.15) is 13.2 Å². The Morgan fingerprint density at radius 2 is 1.68 bits per heavy atom. The van der Waals surface area contributed by atoms with Crippen molar-refractivity contribution in [3.05, 3.63) is 87.9 Å². The molecular weight excluding hydrogens is 488 g/mol. The van der Waals surface area contributed by atoms with Crippen molar-refractivity contribution in [1.29, 1.82) is 0 Å². The van der Waals surface area contributed by atoms with Crippen LogP contribution in [0.1, 0.15) is 59.8 Å². The number of hydrogen-bond acceptors (Lipinski definition) is 4. The van der Waals surface area contributed by atoms with E-state index in [0.717, 1.165) is 11.1 Å². The Morgan fingerprint density at radius 3 is 2.35 bits per heavy atom. The Bertz CT molecular complexity index is 1380. The topological polar surface area (TPSA) is 59.1 Å². The molecule has 0 N–H and O–H groups in total. The van der Waals surface area contributed by atoms with Crippen molar-refractivity contribution in [3.8, 4) is 11.5 Å². The number of carbonyl (C=O) groups is 2. The maximum Gasteiger partial charge on any atom is 0.259 e.